The number of carbonyl (C=O) groups is 1. The van der Waals surface area contributed by atoms with E-state index in [1.165, 1.54) is 14.2 Å². The second-order valence-corrected chi connectivity index (χ2v) is 5.26. The maximum absolute atomic E-state index is 12.5. The average Bonchev–Trinajstić information content (AvgIpc) is 2.60. The van der Waals surface area contributed by atoms with Crippen molar-refractivity contribution in [2.45, 2.75) is 19.8 Å². The molecule has 0 fully saturated rings. The number of rotatable bonds is 5. The summed E-state index contributed by atoms with van der Waals surface area (Å²) in [6.07, 6.45) is 0. The summed E-state index contributed by atoms with van der Waals surface area (Å²) in [5.41, 5.74) is 6.84. The summed E-state index contributed by atoms with van der Waals surface area (Å²) in [5, 5.41) is 9.56. The monoisotopic (exact) mass is 344 g/mol. The van der Waals surface area contributed by atoms with Crippen molar-refractivity contribution in [2.24, 2.45) is 5.73 Å². The summed E-state index contributed by atoms with van der Waals surface area (Å²) in [7, 11) is 3.04. The third kappa shape index (κ3) is 3.53. The molecule has 1 aromatic rings. The number of allylic oxidation sites excluding steroid dienone is 2. The van der Waals surface area contributed by atoms with Gasteiger partial charge in [0.15, 0.2) is 0 Å². The molecular formula is C18H20N2O5. The van der Waals surface area contributed by atoms with Crippen molar-refractivity contribution in [3.05, 3.63) is 46.6 Å². The second kappa shape index (κ2) is 7.62. The maximum atomic E-state index is 12.5. The molecule has 132 valence electrons. The van der Waals surface area contributed by atoms with Gasteiger partial charge in [0.25, 0.3) is 0 Å². The van der Waals surface area contributed by atoms with Gasteiger partial charge in [-0.05, 0) is 31.5 Å². The van der Waals surface area contributed by atoms with Crippen molar-refractivity contribution in [1.82, 2.24) is 0 Å². The molecule has 0 radical (unpaired) electrons. The Balaban J connectivity index is 2.68. The van der Waals surface area contributed by atoms with Crippen molar-refractivity contribution in [3.63, 3.8) is 0 Å². The zero-order valence-corrected chi connectivity index (χ0v) is 14.6. The van der Waals surface area contributed by atoms with E-state index in [2.05, 4.69) is 0 Å². The third-order valence-electron chi connectivity index (χ3n) is 3.81. The Hall–Kier alpha value is -3.14. The van der Waals surface area contributed by atoms with E-state index in [9.17, 15) is 10.1 Å². The van der Waals surface area contributed by atoms with Crippen LogP contribution < -0.4 is 15.2 Å². The van der Waals surface area contributed by atoms with Crippen LogP contribution in [0.3, 0.4) is 0 Å². The maximum Gasteiger partial charge on any atom is 0.338 e. The number of ether oxygens (including phenoxy) is 4. The normalized spacial score (nSPS) is 16.8. The van der Waals surface area contributed by atoms with Gasteiger partial charge in [-0.1, -0.05) is 0 Å². The third-order valence-corrected chi connectivity index (χ3v) is 3.81. The molecule has 1 aromatic carbocycles. The SMILES string of the molecule is CCOC(=O)C1=C(C)OC(N)=C(C#N)[C@@H]1c1cc(OC)cc(OC)c1. The summed E-state index contributed by atoms with van der Waals surface area (Å²) in [5.74, 6) is 0.00513. The highest BCUT2D eigenvalue weighted by atomic mass is 16.5. The van der Waals surface area contributed by atoms with Crippen LogP contribution in [0, 0.1) is 11.3 Å². The van der Waals surface area contributed by atoms with Crippen molar-refractivity contribution in [3.8, 4) is 17.6 Å². The van der Waals surface area contributed by atoms with Gasteiger partial charge in [0.05, 0.1) is 32.3 Å². The number of hydrogen-bond acceptors (Lipinski definition) is 7. The Kier molecular flexibility index (Phi) is 5.55. The van der Waals surface area contributed by atoms with Gasteiger partial charge in [0, 0.05) is 6.07 Å². The number of hydrogen-bond donors (Lipinski definition) is 1. The molecule has 7 heteroatoms. The number of carbonyl (C=O) groups excluding carboxylic acids is 1. The highest BCUT2D eigenvalue weighted by Crippen LogP contribution is 2.41. The predicted octanol–water partition coefficient (Wildman–Crippen LogP) is 2.35. The van der Waals surface area contributed by atoms with E-state index in [0.717, 1.165) is 0 Å². The smallest absolute Gasteiger partial charge is 0.338 e. The molecule has 1 atom stereocenters. The van der Waals surface area contributed by atoms with Crippen LogP contribution in [0.25, 0.3) is 0 Å². The fourth-order valence-electron chi connectivity index (χ4n) is 2.68. The molecule has 2 rings (SSSR count). The van der Waals surface area contributed by atoms with E-state index in [-0.39, 0.29) is 23.6 Å². The first-order valence-corrected chi connectivity index (χ1v) is 7.65. The summed E-state index contributed by atoms with van der Waals surface area (Å²) in [6, 6.07) is 7.16. The highest BCUT2D eigenvalue weighted by Gasteiger charge is 2.36. The van der Waals surface area contributed by atoms with Gasteiger partial charge in [-0.15, -0.1) is 0 Å². The molecule has 0 saturated carbocycles. The van der Waals surface area contributed by atoms with Crippen LogP contribution in [-0.2, 0) is 14.3 Å². The minimum atomic E-state index is -0.734. The first-order valence-electron chi connectivity index (χ1n) is 7.65. The molecule has 1 aliphatic heterocycles. The van der Waals surface area contributed by atoms with Gasteiger partial charge in [-0.3, -0.25) is 0 Å². The lowest BCUT2D eigenvalue weighted by Gasteiger charge is -2.27. The van der Waals surface area contributed by atoms with E-state index in [0.29, 0.717) is 22.8 Å². The second-order valence-electron chi connectivity index (χ2n) is 5.26. The Morgan fingerprint density at radius 1 is 1.28 bits per heavy atom. The standard InChI is InChI=1S/C18H20N2O5/c1-5-24-18(21)15-10(2)25-17(20)14(9-19)16(15)11-6-12(22-3)8-13(7-11)23-4/h6-8,16H,5,20H2,1-4H3/t16-/m0/s1. The molecule has 7 nitrogen and oxygen atoms in total. The van der Waals surface area contributed by atoms with Crippen LogP contribution >= 0.6 is 0 Å². The molecule has 1 heterocycles. The summed E-state index contributed by atoms with van der Waals surface area (Å²) >= 11 is 0. The average molecular weight is 344 g/mol. The molecule has 0 bridgehead atoms. The van der Waals surface area contributed by atoms with Gasteiger partial charge in [0.2, 0.25) is 5.88 Å². The minimum absolute atomic E-state index is 0.0418. The van der Waals surface area contributed by atoms with E-state index in [1.54, 1.807) is 32.0 Å². The van der Waals surface area contributed by atoms with Crippen LogP contribution in [-0.4, -0.2) is 26.8 Å². The number of nitriles is 1. The zero-order chi connectivity index (χ0) is 18.6. The lowest BCUT2D eigenvalue weighted by molar-refractivity contribution is -0.139. The Morgan fingerprint density at radius 3 is 2.36 bits per heavy atom. The van der Waals surface area contributed by atoms with Crippen LogP contribution in [0.2, 0.25) is 0 Å². The van der Waals surface area contributed by atoms with Gasteiger partial charge < -0.3 is 24.7 Å². The number of nitrogens with zero attached hydrogens (tertiary/aromatic N) is 1. The van der Waals surface area contributed by atoms with Gasteiger partial charge in [0.1, 0.15) is 28.9 Å². The molecule has 0 saturated heterocycles. The predicted molar refractivity (Wildman–Crippen MR) is 89.5 cm³/mol. The lowest BCUT2D eigenvalue weighted by atomic mass is 9.83. The number of esters is 1. The van der Waals surface area contributed by atoms with Crippen LogP contribution in [0.15, 0.2) is 41.0 Å². The zero-order valence-electron chi connectivity index (χ0n) is 14.6. The molecule has 25 heavy (non-hydrogen) atoms. The molecule has 0 aliphatic carbocycles. The molecule has 0 unspecified atom stereocenters. The van der Waals surface area contributed by atoms with Crippen LogP contribution in [0.5, 0.6) is 11.5 Å². The minimum Gasteiger partial charge on any atom is -0.497 e. The lowest BCUT2D eigenvalue weighted by Crippen LogP contribution is -2.25. The number of benzene rings is 1. The largest absolute Gasteiger partial charge is 0.497 e. The highest BCUT2D eigenvalue weighted by molar-refractivity contribution is 5.92. The Morgan fingerprint density at radius 2 is 1.88 bits per heavy atom. The molecule has 2 N–H and O–H groups in total. The quantitative estimate of drug-likeness (QED) is 0.818. The topological polar surface area (TPSA) is 104 Å². The summed E-state index contributed by atoms with van der Waals surface area (Å²) < 4.78 is 21.1. The van der Waals surface area contributed by atoms with Crippen molar-refractivity contribution in [2.75, 3.05) is 20.8 Å². The number of nitrogens with two attached hydrogens (primary N) is 1. The van der Waals surface area contributed by atoms with Gasteiger partial charge in [-0.2, -0.15) is 5.26 Å². The summed E-state index contributed by atoms with van der Waals surface area (Å²) in [6.45, 7) is 3.51. The van der Waals surface area contributed by atoms with Crippen molar-refractivity contribution >= 4 is 5.97 Å². The first kappa shape index (κ1) is 18.2. The molecule has 0 amide bonds. The number of methoxy groups -OCH3 is 2. The first-order chi connectivity index (χ1) is 12.0. The Bertz CT molecular complexity index is 767. The summed E-state index contributed by atoms with van der Waals surface area (Å²) in [4.78, 5) is 12.5. The molecule has 1 aliphatic rings. The Labute approximate surface area is 146 Å². The van der Waals surface area contributed by atoms with E-state index in [4.69, 9.17) is 24.7 Å². The molecular weight excluding hydrogens is 324 g/mol. The van der Waals surface area contributed by atoms with Gasteiger partial charge >= 0.3 is 5.97 Å². The van der Waals surface area contributed by atoms with E-state index in [1.807, 2.05) is 6.07 Å². The fraction of sp³-hybridized carbons (Fsp3) is 0.333. The molecule has 0 aromatic heterocycles. The van der Waals surface area contributed by atoms with Gasteiger partial charge in [-0.25, -0.2) is 4.79 Å². The molecule has 0 spiro atoms. The van der Waals surface area contributed by atoms with E-state index < -0.39 is 11.9 Å². The van der Waals surface area contributed by atoms with Crippen LogP contribution in [0.4, 0.5) is 0 Å². The van der Waals surface area contributed by atoms with Crippen molar-refractivity contribution < 1.29 is 23.7 Å². The fourth-order valence-corrected chi connectivity index (χ4v) is 2.68. The van der Waals surface area contributed by atoms with Crippen LogP contribution in [0.1, 0.15) is 25.3 Å². The van der Waals surface area contributed by atoms with Crippen molar-refractivity contribution in [1.29, 1.82) is 5.26 Å². The van der Waals surface area contributed by atoms with E-state index >= 15 is 0 Å².